The van der Waals surface area contributed by atoms with E-state index in [4.69, 9.17) is 4.52 Å². The summed E-state index contributed by atoms with van der Waals surface area (Å²) < 4.78 is 5.44. The molecule has 1 fully saturated rings. The van der Waals surface area contributed by atoms with Crippen molar-refractivity contribution in [2.24, 2.45) is 10.4 Å². The minimum atomic E-state index is -0.135. The molecule has 6 nitrogen and oxygen atoms in total. The van der Waals surface area contributed by atoms with Crippen LogP contribution in [0.5, 0.6) is 0 Å². The Morgan fingerprint density at radius 3 is 2.68 bits per heavy atom. The van der Waals surface area contributed by atoms with Gasteiger partial charge in [-0.2, -0.15) is 0 Å². The van der Waals surface area contributed by atoms with E-state index in [1.165, 1.54) is 0 Å². The third-order valence-corrected chi connectivity index (χ3v) is 5.96. The van der Waals surface area contributed by atoms with Gasteiger partial charge in [-0.3, -0.25) is 14.6 Å². The van der Waals surface area contributed by atoms with Gasteiger partial charge in [0, 0.05) is 37.8 Å². The maximum Gasteiger partial charge on any atom is 0.168 e. The average Bonchev–Trinajstić information content (AvgIpc) is 3.13. The number of ketones is 2. The molecule has 2 aromatic rings. The molecular formula is C25H28N2O4. The van der Waals surface area contributed by atoms with Crippen LogP contribution >= 0.6 is 0 Å². The van der Waals surface area contributed by atoms with E-state index in [1.54, 1.807) is 0 Å². The number of aliphatic hydroxyl groups excluding tert-OH is 1. The topological polar surface area (TPSA) is 92.8 Å². The highest BCUT2D eigenvalue weighted by molar-refractivity contribution is 6.24. The number of aryl methyl sites for hydroxylation is 1. The van der Waals surface area contributed by atoms with Crippen molar-refractivity contribution in [1.29, 1.82) is 0 Å². The highest BCUT2D eigenvalue weighted by Crippen LogP contribution is 2.36. The van der Waals surface area contributed by atoms with Crippen LogP contribution in [0.1, 0.15) is 73.3 Å². The monoisotopic (exact) mass is 420 g/mol. The fraction of sp³-hybridized carbons (Fsp3) is 0.440. The number of aliphatic hydroxyl groups is 1. The Kier molecular flexibility index (Phi) is 5.90. The van der Waals surface area contributed by atoms with E-state index in [-0.39, 0.29) is 29.2 Å². The van der Waals surface area contributed by atoms with Crippen molar-refractivity contribution in [2.45, 2.75) is 65.3 Å². The molecule has 1 heterocycles. The summed E-state index contributed by atoms with van der Waals surface area (Å²) in [4.78, 5) is 29.8. The van der Waals surface area contributed by atoms with Crippen LogP contribution in [0.3, 0.4) is 0 Å². The molecule has 6 heteroatoms. The number of fused-ring (bicyclic) bond motifs is 1. The van der Waals surface area contributed by atoms with E-state index in [1.807, 2.05) is 44.2 Å². The Labute approximate surface area is 182 Å². The average molecular weight is 421 g/mol. The Morgan fingerprint density at radius 1 is 1.13 bits per heavy atom. The summed E-state index contributed by atoms with van der Waals surface area (Å²) in [5, 5.41) is 14.9. The molecule has 0 bridgehead atoms. The molecule has 2 aliphatic carbocycles. The summed E-state index contributed by atoms with van der Waals surface area (Å²) >= 11 is 0. The van der Waals surface area contributed by atoms with Gasteiger partial charge in [0.2, 0.25) is 0 Å². The predicted octanol–water partition coefficient (Wildman–Crippen LogP) is 4.97. The van der Waals surface area contributed by atoms with E-state index in [9.17, 15) is 14.7 Å². The van der Waals surface area contributed by atoms with Gasteiger partial charge >= 0.3 is 0 Å². The highest BCUT2D eigenvalue weighted by atomic mass is 16.5. The second-order valence-electron chi connectivity index (χ2n) is 9.22. The molecule has 0 spiro atoms. The predicted molar refractivity (Wildman–Crippen MR) is 117 cm³/mol. The molecular weight excluding hydrogens is 392 g/mol. The molecule has 0 atom stereocenters. The first kappa shape index (κ1) is 21.2. The molecule has 0 unspecified atom stereocenters. The van der Waals surface area contributed by atoms with Crippen molar-refractivity contribution in [3.8, 4) is 0 Å². The number of carbonyl (C=O) groups is 2. The van der Waals surface area contributed by atoms with Crippen molar-refractivity contribution in [3.05, 3.63) is 64.2 Å². The summed E-state index contributed by atoms with van der Waals surface area (Å²) in [7, 11) is 0. The SMILES string of the molecule is CC1(C)CC(=O)c2c(CCC(O)=C3C(=O)CCCC3=NCc3ccccc3)noc2C1. The molecule has 4 rings (SSSR count). The Morgan fingerprint density at radius 2 is 1.90 bits per heavy atom. The van der Waals surface area contributed by atoms with E-state index in [0.717, 1.165) is 12.0 Å². The first-order chi connectivity index (χ1) is 14.8. The summed E-state index contributed by atoms with van der Waals surface area (Å²) in [5.41, 5.74) is 3.05. The summed E-state index contributed by atoms with van der Waals surface area (Å²) in [6.45, 7) is 4.55. The normalized spacial score (nSPS) is 21.3. The Bertz CT molecular complexity index is 1060. The van der Waals surface area contributed by atoms with Crippen LogP contribution in [0, 0.1) is 5.41 Å². The van der Waals surface area contributed by atoms with Gasteiger partial charge in [-0.05, 0) is 23.8 Å². The zero-order chi connectivity index (χ0) is 22.0. The minimum absolute atomic E-state index is 0.0249. The van der Waals surface area contributed by atoms with Crippen LogP contribution in [-0.2, 0) is 24.2 Å². The van der Waals surface area contributed by atoms with Gasteiger partial charge in [-0.25, -0.2) is 0 Å². The summed E-state index contributed by atoms with van der Waals surface area (Å²) in [6.07, 6.45) is 3.52. The molecule has 31 heavy (non-hydrogen) atoms. The standard InChI is InChI=1S/C25H28N2O4/c1-25(2)13-21(30)24-18(27-31-22(24)14-25)11-12-20(29)23-17(9-6-10-19(23)28)26-15-16-7-4-3-5-8-16/h3-5,7-8,29H,6,9-15H2,1-2H3. The van der Waals surface area contributed by atoms with Gasteiger partial charge in [0.05, 0.1) is 23.4 Å². The van der Waals surface area contributed by atoms with Gasteiger partial charge in [0.1, 0.15) is 11.5 Å². The second kappa shape index (κ2) is 8.61. The fourth-order valence-corrected chi connectivity index (χ4v) is 4.44. The van der Waals surface area contributed by atoms with Crippen LogP contribution in [0.25, 0.3) is 0 Å². The molecule has 1 aromatic carbocycles. The molecule has 0 amide bonds. The maximum atomic E-state index is 12.6. The smallest absolute Gasteiger partial charge is 0.168 e. The van der Waals surface area contributed by atoms with E-state index in [0.29, 0.717) is 67.0 Å². The van der Waals surface area contributed by atoms with E-state index < -0.39 is 0 Å². The van der Waals surface area contributed by atoms with Crippen molar-refractivity contribution in [2.75, 3.05) is 0 Å². The van der Waals surface area contributed by atoms with Crippen LogP contribution in [0.15, 0.2) is 51.2 Å². The van der Waals surface area contributed by atoms with Crippen LogP contribution in [0.2, 0.25) is 0 Å². The zero-order valence-corrected chi connectivity index (χ0v) is 18.1. The van der Waals surface area contributed by atoms with Crippen molar-refractivity contribution in [1.82, 2.24) is 5.16 Å². The number of aliphatic imine (C=N–C) groups is 1. The van der Waals surface area contributed by atoms with Gasteiger partial charge in [-0.15, -0.1) is 0 Å². The Balaban J connectivity index is 1.53. The van der Waals surface area contributed by atoms with Gasteiger partial charge in [0.25, 0.3) is 0 Å². The number of allylic oxidation sites excluding steroid dienone is 2. The third kappa shape index (κ3) is 4.68. The lowest BCUT2D eigenvalue weighted by molar-refractivity contribution is -0.115. The van der Waals surface area contributed by atoms with E-state index in [2.05, 4.69) is 10.1 Å². The largest absolute Gasteiger partial charge is 0.511 e. The van der Waals surface area contributed by atoms with Crippen LogP contribution in [0.4, 0.5) is 0 Å². The second-order valence-corrected chi connectivity index (χ2v) is 9.22. The van der Waals surface area contributed by atoms with Crippen LogP contribution in [-0.4, -0.2) is 27.5 Å². The lowest BCUT2D eigenvalue weighted by atomic mass is 9.76. The third-order valence-electron chi connectivity index (χ3n) is 5.96. The minimum Gasteiger partial charge on any atom is -0.511 e. The molecule has 162 valence electrons. The van der Waals surface area contributed by atoms with Crippen molar-refractivity contribution in [3.63, 3.8) is 0 Å². The quantitative estimate of drug-likeness (QED) is 0.545. The Hall–Kier alpha value is -3.02. The van der Waals surface area contributed by atoms with Gasteiger partial charge in [-0.1, -0.05) is 49.3 Å². The lowest BCUT2D eigenvalue weighted by Gasteiger charge is -2.26. The maximum absolute atomic E-state index is 12.6. The fourth-order valence-electron chi connectivity index (χ4n) is 4.44. The van der Waals surface area contributed by atoms with Crippen LogP contribution < -0.4 is 0 Å². The summed E-state index contributed by atoms with van der Waals surface area (Å²) in [6, 6.07) is 9.84. The molecule has 1 N–H and O–H groups in total. The lowest BCUT2D eigenvalue weighted by Crippen LogP contribution is -2.26. The number of rotatable bonds is 5. The molecule has 0 saturated heterocycles. The number of aromatic nitrogens is 1. The number of Topliss-reactive ketones (excluding diaryl/α,β-unsaturated/α-hetero) is 2. The molecule has 0 aliphatic heterocycles. The number of hydrogen-bond donors (Lipinski definition) is 1. The number of carbonyl (C=O) groups excluding carboxylic acids is 2. The van der Waals surface area contributed by atoms with Gasteiger partial charge < -0.3 is 9.63 Å². The molecule has 1 aromatic heterocycles. The molecule has 0 radical (unpaired) electrons. The molecule has 1 saturated carbocycles. The number of benzene rings is 1. The highest BCUT2D eigenvalue weighted by Gasteiger charge is 2.36. The summed E-state index contributed by atoms with van der Waals surface area (Å²) in [5.74, 6) is 0.614. The van der Waals surface area contributed by atoms with Gasteiger partial charge in [0.15, 0.2) is 11.6 Å². The van der Waals surface area contributed by atoms with Crippen molar-refractivity contribution < 1.29 is 19.2 Å². The number of hydrogen-bond acceptors (Lipinski definition) is 6. The van der Waals surface area contributed by atoms with E-state index >= 15 is 0 Å². The first-order valence-electron chi connectivity index (χ1n) is 10.9. The zero-order valence-electron chi connectivity index (χ0n) is 18.1. The molecule has 2 aliphatic rings. The van der Waals surface area contributed by atoms with Crippen molar-refractivity contribution >= 4 is 17.3 Å². The first-order valence-corrected chi connectivity index (χ1v) is 10.9. The number of nitrogens with zero attached hydrogens (tertiary/aromatic N) is 2.